The number of hydrogen-bond acceptors (Lipinski definition) is 7. The van der Waals surface area contributed by atoms with Crippen molar-refractivity contribution in [3.8, 4) is 0 Å². The number of amides is 5. The lowest BCUT2D eigenvalue weighted by Gasteiger charge is -2.33. The summed E-state index contributed by atoms with van der Waals surface area (Å²) in [5, 5.41) is 3.51. The van der Waals surface area contributed by atoms with Gasteiger partial charge in [0.1, 0.15) is 16.4 Å². The van der Waals surface area contributed by atoms with Crippen LogP contribution in [-0.4, -0.2) is 81.7 Å². The Bertz CT molecular complexity index is 1270. The van der Waals surface area contributed by atoms with Gasteiger partial charge in [-0.15, -0.1) is 11.3 Å². The summed E-state index contributed by atoms with van der Waals surface area (Å²) >= 11 is 0.675. The van der Waals surface area contributed by atoms with E-state index in [0.29, 0.717) is 49.6 Å². The second-order valence-electron chi connectivity index (χ2n) is 9.93. The van der Waals surface area contributed by atoms with Crippen LogP contribution in [0.15, 0.2) is 29.8 Å². The molecule has 4 rings (SSSR count). The first-order chi connectivity index (χ1) is 18.3. The van der Waals surface area contributed by atoms with Crippen LogP contribution in [0, 0.1) is 0 Å². The van der Waals surface area contributed by atoms with E-state index in [1.807, 2.05) is 0 Å². The van der Waals surface area contributed by atoms with E-state index in [9.17, 15) is 32.3 Å². The lowest BCUT2D eigenvalue weighted by molar-refractivity contribution is -0.137. The number of carbonyl (C=O) groups is 4. The smallest absolute Gasteiger partial charge is 0.340 e. The first kappa shape index (κ1) is 28.5. The average Bonchev–Trinajstić information content (AvgIpc) is 3.42. The van der Waals surface area contributed by atoms with Crippen LogP contribution >= 0.6 is 11.3 Å². The third kappa shape index (κ3) is 6.22. The first-order valence-corrected chi connectivity index (χ1v) is 13.2. The van der Waals surface area contributed by atoms with Crippen molar-refractivity contribution in [2.75, 3.05) is 42.9 Å². The maximum atomic E-state index is 13.2. The second-order valence-corrected chi connectivity index (χ2v) is 10.8. The number of nitrogens with one attached hydrogen (secondary N) is 1. The predicted molar refractivity (Wildman–Crippen MR) is 138 cm³/mol. The summed E-state index contributed by atoms with van der Waals surface area (Å²) < 4.78 is 39.2. The largest absolute Gasteiger partial charge is 0.417 e. The molecule has 0 radical (unpaired) electrons. The summed E-state index contributed by atoms with van der Waals surface area (Å²) in [6.07, 6.45) is -2.89. The maximum Gasteiger partial charge on any atom is 0.417 e. The topological polar surface area (TPSA) is 106 Å². The molecular weight excluding hydrogens is 537 g/mol. The van der Waals surface area contributed by atoms with Crippen molar-refractivity contribution in [3.63, 3.8) is 0 Å². The van der Waals surface area contributed by atoms with Crippen molar-refractivity contribution in [2.45, 2.75) is 45.5 Å². The highest BCUT2D eigenvalue weighted by molar-refractivity contribution is 7.14. The number of halogens is 3. The van der Waals surface area contributed by atoms with Gasteiger partial charge in [-0.1, -0.05) is 0 Å². The number of aromatic nitrogens is 1. The van der Waals surface area contributed by atoms with E-state index >= 15 is 0 Å². The molecule has 4 heterocycles. The summed E-state index contributed by atoms with van der Waals surface area (Å²) in [7, 11) is 0. The minimum atomic E-state index is -4.59. The Kier molecular flexibility index (Phi) is 7.98. The number of nitrogens with zero attached hydrogens (tertiary/aromatic N) is 5. The van der Waals surface area contributed by atoms with Crippen molar-refractivity contribution in [1.29, 1.82) is 0 Å². The minimum absolute atomic E-state index is 0.0165. The molecule has 0 atom stereocenters. The molecule has 10 nitrogen and oxygen atoms in total. The molecule has 2 saturated heterocycles. The fraction of sp³-hybridized carbons (Fsp3) is 0.480. The third-order valence-corrected chi connectivity index (χ3v) is 7.78. The van der Waals surface area contributed by atoms with E-state index in [1.165, 1.54) is 31.9 Å². The monoisotopic (exact) mass is 566 g/mol. The zero-order chi connectivity index (χ0) is 28.5. The average molecular weight is 567 g/mol. The molecule has 0 aromatic carbocycles. The number of piperazine rings is 1. The maximum absolute atomic E-state index is 13.2. The van der Waals surface area contributed by atoms with E-state index < -0.39 is 29.2 Å². The number of rotatable bonds is 7. The van der Waals surface area contributed by atoms with Crippen LogP contribution in [0.5, 0.6) is 0 Å². The van der Waals surface area contributed by atoms with E-state index in [2.05, 4.69) is 15.2 Å². The van der Waals surface area contributed by atoms with Gasteiger partial charge in [0.05, 0.1) is 5.56 Å². The second kappa shape index (κ2) is 10.9. The summed E-state index contributed by atoms with van der Waals surface area (Å²) in [5.41, 5.74) is -1.65. The van der Waals surface area contributed by atoms with Gasteiger partial charge in [-0.2, -0.15) is 13.2 Å². The Morgan fingerprint density at radius 3 is 2.44 bits per heavy atom. The fourth-order valence-electron chi connectivity index (χ4n) is 4.46. The molecule has 2 aliphatic rings. The number of carbonyl (C=O) groups excluding carboxylic acids is 4. The number of hydrogen-bond donors (Lipinski definition) is 1. The molecule has 0 unspecified atom stereocenters. The number of thiophene rings is 1. The summed E-state index contributed by atoms with van der Waals surface area (Å²) in [6, 6.07) is 3.29. The Morgan fingerprint density at radius 1 is 1.13 bits per heavy atom. The van der Waals surface area contributed by atoms with Gasteiger partial charge < -0.3 is 15.1 Å². The molecule has 2 fully saturated rings. The Morgan fingerprint density at radius 2 is 1.82 bits per heavy atom. The van der Waals surface area contributed by atoms with Crippen LogP contribution in [0.25, 0.3) is 0 Å². The van der Waals surface area contributed by atoms with Crippen LogP contribution in [0.3, 0.4) is 0 Å². The molecule has 0 bridgehead atoms. The quantitative estimate of drug-likeness (QED) is 0.515. The molecule has 0 aliphatic carbocycles. The van der Waals surface area contributed by atoms with E-state index in [-0.39, 0.29) is 35.6 Å². The molecular formula is C25H29F3N6O4S. The van der Waals surface area contributed by atoms with Gasteiger partial charge in [0, 0.05) is 64.2 Å². The number of anilines is 2. The van der Waals surface area contributed by atoms with Crippen molar-refractivity contribution < 1.29 is 32.3 Å². The van der Waals surface area contributed by atoms with Gasteiger partial charge in [-0.25, -0.2) is 14.7 Å². The Hall–Kier alpha value is -3.52. The number of imide groups is 1. The predicted octanol–water partition coefficient (Wildman–Crippen LogP) is 3.40. The van der Waals surface area contributed by atoms with E-state index in [1.54, 1.807) is 17.0 Å². The highest BCUT2D eigenvalue weighted by atomic mass is 32.1. The lowest BCUT2D eigenvalue weighted by atomic mass is 10.0. The molecule has 0 saturated carbocycles. The molecule has 2 aromatic heterocycles. The zero-order valence-corrected chi connectivity index (χ0v) is 22.6. The highest BCUT2D eigenvalue weighted by Gasteiger charge is 2.52. The summed E-state index contributed by atoms with van der Waals surface area (Å²) in [5.74, 6) is -0.559. The van der Waals surface area contributed by atoms with Gasteiger partial charge in [0.25, 0.3) is 5.91 Å². The van der Waals surface area contributed by atoms with Crippen molar-refractivity contribution >= 4 is 45.9 Å². The van der Waals surface area contributed by atoms with Gasteiger partial charge in [-0.3, -0.25) is 19.3 Å². The van der Waals surface area contributed by atoms with Crippen LogP contribution in [0.1, 0.15) is 38.3 Å². The molecule has 5 amide bonds. The molecule has 2 aromatic rings. The summed E-state index contributed by atoms with van der Waals surface area (Å²) in [4.78, 5) is 60.3. The van der Waals surface area contributed by atoms with Crippen molar-refractivity contribution in [3.05, 3.63) is 40.9 Å². The van der Waals surface area contributed by atoms with Gasteiger partial charge in [0.2, 0.25) is 11.8 Å². The summed E-state index contributed by atoms with van der Waals surface area (Å²) in [6.45, 7) is 7.76. The van der Waals surface area contributed by atoms with Crippen LogP contribution < -0.4 is 10.2 Å². The first-order valence-electron chi connectivity index (χ1n) is 12.3. The SMILES string of the molecule is CC(=O)N1CCN(CCC(=O)Nc2cc(CN3C(=O)N(c4cc(C(F)(F)F)cs4)C(=O)C3(C)C)ccn2)CC1. The standard InChI is InChI=1S/C25H29F3N6O4S/c1-16(35)32-10-8-31(9-11-32)7-5-20(36)30-19-12-17(4-6-29-19)14-33-23(38)34(22(37)24(33,2)3)21-13-18(15-39-21)25(26,27)28/h4,6,12-13,15H,5,7-11,14H2,1-3H3,(H,29,30,36). The molecule has 0 spiro atoms. The number of urea groups is 1. The Balaban J connectivity index is 1.38. The lowest BCUT2D eigenvalue weighted by Crippen LogP contribution is -2.48. The van der Waals surface area contributed by atoms with E-state index in [4.69, 9.17) is 0 Å². The zero-order valence-electron chi connectivity index (χ0n) is 21.7. The fourth-order valence-corrected chi connectivity index (χ4v) is 5.37. The third-order valence-electron chi connectivity index (χ3n) is 6.86. The molecule has 210 valence electrons. The van der Waals surface area contributed by atoms with Gasteiger partial charge in [-0.05, 0) is 37.6 Å². The molecule has 14 heteroatoms. The van der Waals surface area contributed by atoms with Gasteiger partial charge in [0.15, 0.2) is 0 Å². The molecule has 2 aliphatic heterocycles. The van der Waals surface area contributed by atoms with Gasteiger partial charge >= 0.3 is 12.2 Å². The van der Waals surface area contributed by atoms with E-state index in [0.717, 1.165) is 16.3 Å². The molecule has 39 heavy (non-hydrogen) atoms. The number of pyridine rings is 1. The molecule has 1 N–H and O–H groups in total. The van der Waals surface area contributed by atoms with Crippen LogP contribution in [0.4, 0.5) is 28.8 Å². The minimum Gasteiger partial charge on any atom is -0.340 e. The normalized spacial score (nSPS) is 18.2. The Labute approximate surface area is 227 Å². The highest BCUT2D eigenvalue weighted by Crippen LogP contribution is 2.40. The van der Waals surface area contributed by atoms with Crippen LogP contribution in [0.2, 0.25) is 0 Å². The van der Waals surface area contributed by atoms with Crippen molar-refractivity contribution in [1.82, 2.24) is 19.7 Å². The number of alkyl halides is 3. The van der Waals surface area contributed by atoms with Crippen molar-refractivity contribution in [2.24, 2.45) is 0 Å². The van der Waals surface area contributed by atoms with Crippen LogP contribution in [-0.2, 0) is 27.1 Å².